The highest BCUT2D eigenvalue weighted by molar-refractivity contribution is 5.88. The van der Waals surface area contributed by atoms with Crippen molar-refractivity contribution in [3.8, 4) is 0 Å². The van der Waals surface area contributed by atoms with E-state index in [0.29, 0.717) is 19.8 Å². The molecule has 0 saturated carbocycles. The molecule has 34 heavy (non-hydrogen) atoms. The van der Waals surface area contributed by atoms with Gasteiger partial charge in [-0.2, -0.15) is 0 Å². The molecule has 0 spiro atoms. The minimum Gasteiger partial charge on any atom is -0.381 e. The Bertz CT molecular complexity index is 1120. The Morgan fingerprint density at radius 2 is 1.74 bits per heavy atom. The quantitative estimate of drug-likeness (QED) is 0.576. The monoisotopic (exact) mass is 456 g/mol. The Hall–Kier alpha value is -3.22. The first-order chi connectivity index (χ1) is 16.6. The summed E-state index contributed by atoms with van der Waals surface area (Å²) in [5.74, 6) is 0.800. The molecule has 1 saturated heterocycles. The van der Waals surface area contributed by atoms with Gasteiger partial charge in [0.1, 0.15) is 11.2 Å². The van der Waals surface area contributed by atoms with Crippen molar-refractivity contribution in [2.24, 2.45) is 0 Å². The van der Waals surface area contributed by atoms with Crippen LogP contribution in [0.2, 0.25) is 0 Å². The number of hydrogen-bond donors (Lipinski definition) is 2. The van der Waals surface area contributed by atoms with E-state index in [4.69, 9.17) is 9.72 Å². The highest BCUT2D eigenvalue weighted by atomic mass is 16.5. The number of benzene rings is 2. The number of nitrogens with one attached hydrogen (secondary N) is 2. The summed E-state index contributed by atoms with van der Waals surface area (Å²) in [7, 11) is 0. The lowest BCUT2D eigenvalue weighted by Gasteiger charge is -2.41. The molecule has 176 valence electrons. The Morgan fingerprint density at radius 3 is 2.47 bits per heavy atom. The minimum atomic E-state index is -0.755. The predicted molar refractivity (Wildman–Crippen MR) is 134 cm³/mol. The summed E-state index contributed by atoms with van der Waals surface area (Å²) in [5.41, 5.74) is 3.43. The number of fused-ring (bicyclic) bond motifs is 1. The van der Waals surface area contributed by atoms with Crippen LogP contribution in [-0.4, -0.2) is 41.6 Å². The van der Waals surface area contributed by atoms with Crippen molar-refractivity contribution in [2.45, 2.75) is 44.3 Å². The second-order valence-corrected chi connectivity index (χ2v) is 9.52. The van der Waals surface area contributed by atoms with Crippen molar-refractivity contribution < 1.29 is 9.53 Å². The van der Waals surface area contributed by atoms with Crippen LogP contribution in [0.1, 0.15) is 36.6 Å². The summed E-state index contributed by atoms with van der Waals surface area (Å²) in [6, 6.07) is 24.7. The first-order valence-corrected chi connectivity index (χ1v) is 12.1. The van der Waals surface area contributed by atoms with Crippen LogP contribution in [0.15, 0.2) is 72.8 Å². The summed E-state index contributed by atoms with van der Waals surface area (Å²) in [6.45, 7) is 5.61. The molecule has 2 aromatic carbocycles. The van der Waals surface area contributed by atoms with Crippen LogP contribution < -0.4 is 10.6 Å². The molecule has 3 aromatic rings. The maximum atomic E-state index is 13.8. The average Bonchev–Trinajstić information content (AvgIpc) is 2.86. The van der Waals surface area contributed by atoms with Crippen molar-refractivity contribution in [1.29, 1.82) is 0 Å². The summed E-state index contributed by atoms with van der Waals surface area (Å²) < 4.78 is 5.48. The zero-order valence-corrected chi connectivity index (χ0v) is 19.7. The normalized spacial score (nSPS) is 21.0. The zero-order chi connectivity index (χ0) is 23.4. The molecule has 2 aliphatic heterocycles. The molecule has 2 N–H and O–H groups in total. The van der Waals surface area contributed by atoms with Gasteiger partial charge in [0.2, 0.25) is 5.91 Å². The van der Waals surface area contributed by atoms with E-state index in [-0.39, 0.29) is 11.9 Å². The van der Waals surface area contributed by atoms with Crippen LogP contribution in [0.25, 0.3) is 0 Å². The maximum Gasteiger partial charge on any atom is 0.233 e. The highest BCUT2D eigenvalue weighted by Gasteiger charge is 2.44. The second-order valence-electron chi connectivity index (χ2n) is 9.52. The van der Waals surface area contributed by atoms with Gasteiger partial charge in [0, 0.05) is 44.6 Å². The third-order valence-electron chi connectivity index (χ3n) is 6.79. The van der Waals surface area contributed by atoms with Crippen molar-refractivity contribution in [1.82, 2.24) is 15.2 Å². The summed E-state index contributed by atoms with van der Waals surface area (Å²) in [6.07, 6.45) is 1.71. The summed E-state index contributed by atoms with van der Waals surface area (Å²) >= 11 is 0. The van der Waals surface area contributed by atoms with Crippen LogP contribution >= 0.6 is 0 Å². The van der Waals surface area contributed by atoms with E-state index < -0.39 is 5.41 Å². The molecule has 1 fully saturated rings. The fourth-order valence-corrected chi connectivity index (χ4v) is 4.97. The smallest absolute Gasteiger partial charge is 0.233 e. The molecule has 1 aromatic heterocycles. The van der Waals surface area contributed by atoms with E-state index in [1.807, 2.05) is 49.4 Å². The topological polar surface area (TPSA) is 66.5 Å². The third kappa shape index (κ3) is 4.98. The van der Waals surface area contributed by atoms with Crippen LogP contribution in [0.5, 0.6) is 0 Å². The Kier molecular flexibility index (Phi) is 6.61. The van der Waals surface area contributed by atoms with Crippen LogP contribution in [0.3, 0.4) is 0 Å². The van der Waals surface area contributed by atoms with Gasteiger partial charge in [0.15, 0.2) is 0 Å². The number of amides is 1. The molecule has 1 atom stereocenters. The van der Waals surface area contributed by atoms with Gasteiger partial charge in [-0.3, -0.25) is 9.69 Å². The Balaban J connectivity index is 1.45. The molecule has 6 nitrogen and oxygen atoms in total. The number of pyridine rings is 1. The molecule has 1 unspecified atom stereocenters. The van der Waals surface area contributed by atoms with Gasteiger partial charge >= 0.3 is 0 Å². The molecular formula is C28H32N4O2. The molecule has 6 heteroatoms. The van der Waals surface area contributed by atoms with E-state index in [2.05, 4.69) is 45.9 Å². The van der Waals surface area contributed by atoms with E-state index in [1.165, 1.54) is 5.56 Å². The molecule has 5 rings (SSSR count). The van der Waals surface area contributed by atoms with Crippen molar-refractivity contribution in [3.05, 3.63) is 89.6 Å². The number of carbonyl (C=O) groups is 1. The third-order valence-corrected chi connectivity index (χ3v) is 6.79. The Labute approximate surface area is 201 Å². The molecule has 0 aliphatic carbocycles. The summed E-state index contributed by atoms with van der Waals surface area (Å²) in [4.78, 5) is 21.1. The van der Waals surface area contributed by atoms with Crippen molar-refractivity contribution in [3.63, 3.8) is 0 Å². The first kappa shape index (κ1) is 22.6. The predicted octanol–water partition coefficient (Wildman–Crippen LogP) is 4.39. The molecule has 0 bridgehead atoms. The van der Waals surface area contributed by atoms with Crippen molar-refractivity contribution >= 4 is 17.4 Å². The Morgan fingerprint density at radius 1 is 1.03 bits per heavy atom. The first-order valence-electron chi connectivity index (χ1n) is 12.1. The van der Waals surface area contributed by atoms with E-state index >= 15 is 0 Å². The number of anilines is 2. The zero-order valence-electron chi connectivity index (χ0n) is 19.7. The number of para-hydroxylation sites is 1. The molecule has 0 radical (unpaired) electrons. The van der Waals surface area contributed by atoms with Gasteiger partial charge in [0.05, 0.1) is 5.69 Å². The summed E-state index contributed by atoms with van der Waals surface area (Å²) in [5, 5.41) is 6.71. The number of rotatable bonds is 6. The van der Waals surface area contributed by atoms with Gasteiger partial charge in [-0.1, -0.05) is 54.6 Å². The maximum absolute atomic E-state index is 13.8. The van der Waals surface area contributed by atoms with Gasteiger partial charge < -0.3 is 15.4 Å². The number of aromatic nitrogens is 1. The molecule has 2 aliphatic rings. The molecule has 3 heterocycles. The van der Waals surface area contributed by atoms with E-state index in [1.54, 1.807) is 0 Å². The number of nitrogens with zero attached hydrogens (tertiary/aromatic N) is 2. The average molecular weight is 457 g/mol. The minimum absolute atomic E-state index is 0.0442. The second kappa shape index (κ2) is 9.95. The lowest BCUT2D eigenvalue weighted by Crippen LogP contribution is -2.55. The standard InChI is InChI=1S/C28H32N4O2/c1-28(27(33)30-24-14-16-34-17-15-24)20-32(18-21-8-4-2-5-9-21)19-22-12-13-25(31-26(22)28)29-23-10-6-3-7-11-23/h2-13,24H,14-20H2,1H3,(H,29,31)(H,30,33). The number of hydrogen-bond acceptors (Lipinski definition) is 5. The van der Waals surface area contributed by atoms with Gasteiger partial charge in [0.25, 0.3) is 0 Å². The van der Waals surface area contributed by atoms with E-state index in [0.717, 1.165) is 48.7 Å². The van der Waals surface area contributed by atoms with Crippen LogP contribution in [0, 0.1) is 0 Å². The van der Waals surface area contributed by atoms with Crippen molar-refractivity contribution in [2.75, 3.05) is 25.1 Å². The molecular weight excluding hydrogens is 424 g/mol. The van der Waals surface area contributed by atoms with Crippen LogP contribution in [0.4, 0.5) is 11.5 Å². The molecule has 1 amide bonds. The van der Waals surface area contributed by atoms with Gasteiger partial charge in [-0.05, 0) is 49.1 Å². The number of ether oxygens (including phenoxy) is 1. The largest absolute Gasteiger partial charge is 0.381 e. The SMILES string of the molecule is CC1(C(=O)NC2CCOCC2)CN(Cc2ccccc2)Cc2ccc(Nc3ccccc3)nc21. The fourth-order valence-electron chi connectivity index (χ4n) is 4.97. The van der Waals surface area contributed by atoms with E-state index in [9.17, 15) is 4.79 Å². The van der Waals surface area contributed by atoms with Crippen LogP contribution in [-0.2, 0) is 28.0 Å². The van der Waals surface area contributed by atoms with Gasteiger partial charge in [-0.15, -0.1) is 0 Å². The van der Waals surface area contributed by atoms with Gasteiger partial charge in [-0.25, -0.2) is 4.98 Å². The highest BCUT2D eigenvalue weighted by Crippen LogP contribution is 2.35. The lowest BCUT2D eigenvalue weighted by molar-refractivity contribution is -0.129. The lowest BCUT2D eigenvalue weighted by atomic mass is 9.78. The fraction of sp³-hybridized carbons (Fsp3) is 0.357. The number of carbonyl (C=O) groups excluding carboxylic acids is 1.